The molecule has 232 valence electrons. The average Bonchev–Trinajstić information content (AvgIpc) is 3.37. The van der Waals surface area contributed by atoms with E-state index in [0.29, 0.717) is 17.0 Å². The van der Waals surface area contributed by atoms with Gasteiger partial charge in [0.2, 0.25) is 5.91 Å². The maximum absolute atomic E-state index is 13.2. The lowest BCUT2D eigenvalue weighted by atomic mass is 9.79. The molecule has 1 saturated heterocycles. The molecule has 1 aromatic carbocycles. The third-order valence-corrected chi connectivity index (χ3v) is 8.22. The quantitative estimate of drug-likeness (QED) is 0.309. The lowest BCUT2D eigenvalue weighted by molar-refractivity contribution is -0.185. The molecule has 0 atom stereocenters. The number of carbonyl (C=O) groups excluding carboxylic acids is 2. The first-order chi connectivity index (χ1) is 19.9. The topological polar surface area (TPSA) is 110 Å². The number of hydrogen-bond donors (Lipinski definition) is 2. The summed E-state index contributed by atoms with van der Waals surface area (Å²) in [6, 6.07) is 11.0. The van der Waals surface area contributed by atoms with Crippen LogP contribution in [0.25, 0.3) is 0 Å². The number of piperidine rings is 1. The molecule has 3 aromatic rings. The summed E-state index contributed by atoms with van der Waals surface area (Å²) >= 11 is 0. The van der Waals surface area contributed by atoms with Crippen LogP contribution in [0.3, 0.4) is 0 Å². The minimum Gasteiger partial charge on any atom is -0.489 e. The highest BCUT2D eigenvalue weighted by molar-refractivity contribution is 6.02. The SMILES string of the molecule is CN1C(C)(C)CC(Oc2ccc(C(=O)Nc3ccc(CC(=O)Nc4cc(C(C)(C)C(F)(F)F)on4)cc3)nc2)CC1(C)C. The molecule has 1 aliphatic rings. The average molecular weight is 602 g/mol. The van der Waals surface area contributed by atoms with E-state index in [0.717, 1.165) is 32.8 Å². The van der Waals surface area contributed by atoms with Crippen LogP contribution in [-0.2, 0) is 16.6 Å². The van der Waals surface area contributed by atoms with Gasteiger partial charge in [-0.25, -0.2) is 4.98 Å². The summed E-state index contributed by atoms with van der Waals surface area (Å²) < 4.78 is 50.7. The molecule has 0 spiro atoms. The van der Waals surface area contributed by atoms with E-state index in [1.165, 1.54) is 0 Å². The number of anilines is 2. The second-order valence-corrected chi connectivity index (χ2v) is 12.8. The van der Waals surface area contributed by atoms with Crippen LogP contribution in [0, 0.1) is 0 Å². The van der Waals surface area contributed by atoms with Crippen LogP contribution in [0.5, 0.6) is 5.75 Å². The summed E-state index contributed by atoms with van der Waals surface area (Å²) in [4.78, 5) is 31.8. The van der Waals surface area contributed by atoms with Crippen molar-refractivity contribution in [1.82, 2.24) is 15.0 Å². The number of rotatable bonds is 8. The van der Waals surface area contributed by atoms with E-state index in [2.05, 4.69) is 60.4 Å². The summed E-state index contributed by atoms with van der Waals surface area (Å²) in [6.07, 6.45) is -1.29. The Morgan fingerprint density at radius 1 is 1.02 bits per heavy atom. The van der Waals surface area contributed by atoms with Crippen molar-refractivity contribution in [3.63, 3.8) is 0 Å². The molecule has 2 amide bonds. The Morgan fingerprint density at radius 2 is 1.65 bits per heavy atom. The molecule has 0 saturated carbocycles. The predicted molar refractivity (Wildman–Crippen MR) is 156 cm³/mol. The van der Waals surface area contributed by atoms with Crippen molar-refractivity contribution in [1.29, 1.82) is 0 Å². The van der Waals surface area contributed by atoms with Gasteiger partial charge in [-0.2, -0.15) is 13.2 Å². The first-order valence-corrected chi connectivity index (χ1v) is 14.0. The van der Waals surface area contributed by atoms with Gasteiger partial charge in [0.25, 0.3) is 5.91 Å². The smallest absolute Gasteiger partial charge is 0.401 e. The first kappa shape index (κ1) is 32.0. The van der Waals surface area contributed by atoms with E-state index in [1.807, 2.05) is 0 Å². The fourth-order valence-electron chi connectivity index (χ4n) is 5.18. The molecule has 3 heterocycles. The number of benzene rings is 1. The lowest BCUT2D eigenvalue weighted by Crippen LogP contribution is -2.60. The van der Waals surface area contributed by atoms with Gasteiger partial charge < -0.3 is 19.9 Å². The zero-order chi connectivity index (χ0) is 31.8. The Kier molecular flexibility index (Phi) is 8.65. The largest absolute Gasteiger partial charge is 0.489 e. The van der Waals surface area contributed by atoms with E-state index in [4.69, 9.17) is 9.26 Å². The summed E-state index contributed by atoms with van der Waals surface area (Å²) in [7, 11) is 2.14. The predicted octanol–water partition coefficient (Wildman–Crippen LogP) is 6.37. The normalized spacial score (nSPS) is 17.3. The molecule has 2 aromatic heterocycles. The number of hydrogen-bond acceptors (Lipinski definition) is 7. The third-order valence-electron chi connectivity index (χ3n) is 8.22. The van der Waals surface area contributed by atoms with Crippen LogP contribution in [0.15, 0.2) is 53.2 Å². The van der Waals surface area contributed by atoms with E-state index in [1.54, 1.807) is 42.6 Å². The van der Waals surface area contributed by atoms with Crippen molar-refractivity contribution in [3.8, 4) is 5.75 Å². The van der Waals surface area contributed by atoms with Gasteiger partial charge in [0.05, 0.1) is 12.6 Å². The summed E-state index contributed by atoms with van der Waals surface area (Å²) in [5.74, 6) is -0.796. The standard InChI is InChI=1S/C31H38F3N5O4/c1-28(2)16-22(17-29(3,4)39(28)7)42-21-12-13-23(35-18-21)27(41)36-20-10-8-19(9-11-20)14-26(40)37-25-15-24(43-38-25)30(5,6)31(32,33)34/h8-13,15,18,22H,14,16-17H2,1-7H3,(H,36,41)(H,37,38,40). The molecule has 2 N–H and O–H groups in total. The Labute approximate surface area is 249 Å². The number of pyridine rings is 1. The van der Waals surface area contributed by atoms with Gasteiger partial charge >= 0.3 is 6.18 Å². The van der Waals surface area contributed by atoms with Crippen molar-refractivity contribution in [2.75, 3.05) is 17.7 Å². The number of alkyl halides is 3. The first-order valence-electron chi connectivity index (χ1n) is 14.0. The lowest BCUT2D eigenvalue weighted by Gasteiger charge is -2.53. The molecule has 0 radical (unpaired) electrons. The molecule has 9 nitrogen and oxygen atoms in total. The monoisotopic (exact) mass is 601 g/mol. The Hall–Kier alpha value is -3.93. The van der Waals surface area contributed by atoms with Gasteiger partial charge in [0.1, 0.15) is 23.0 Å². The molecule has 12 heteroatoms. The molecular weight excluding hydrogens is 563 g/mol. The van der Waals surface area contributed by atoms with E-state index in [9.17, 15) is 22.8 Å². The second-order valence-electron chi connectivity index (χ2n) is 12.8. The van der Waals surface area contributed by atoms with Gasteiger partial charge in [0, 0.05) is 35.7 Å². The Morgan fingerprint density at radius 3 is 2.21 bits per heavy atom. The summed E-state index contributed by atoms with van der Waals surface area (Å²) in [6.45, 7) is 10.8. The number of nitrogens with zero attached hydrogens (tertiary/aromatic N) is 3. The third kappa shape index (κ3) is 7.35. The van der Waals surface area contributed by atoms with Gasteiger partial charge in [0.15, 0.2) is 11.6 Å². The molecular formula is C31H38F3N5O4. The van der Waals surface area contributed by atoms with Crippen LogP contribution < -0.4 is 15.4 Å². The minimum absolute atomic E-state index is 0.0167. The number of nitrogens with one attached hydrogen (secondary N) is 2. The number of halogens is 3. The van der Waals surface area contributed by atoms with Crippen molar-refractivity contribution in [2.24, 2.45) is 0 Å². The second kappa shape index (κ2) is 11.6. The zero-order valence-electron chi connectivity index (χ0n) is 25.4. The molecule has 0 aliphatic carbocycles. The van der Waals surface area contributed by atoms with Crippen LogP contribution >= 0.6 is 0 Å². The van der Waals surface area contributed by atoms with E-state index < -0.39 is 29.2 Å². The molecule has 1 aliphatic heterocycles. The molecule has 43 heavy (non-hydrogen) atoms. The number of aromatic nitrogens is 2. The Balaban J connectivity index is 1.29. The van der Waals surface area contributed by atoms with Crippen LogP contribution in [-0.4, -0.2) is 57.3 Å². The highest BCUT2D eigenvalue weighted by Crippen LogP contribution is 2.41. The fourth-order valence-corrected chi connectivity index (χ4v) is 5.18. The van der Waals surface area contributed by atoms with Crippen LogP contribution in [0.2, 0.25) is 0 Å². The van der Waals surface area contributed by atoms with E-state index in [-0.39, 0.29) is 35.1 Å². The van der Waals surface area contributed by atoms with Crippen molar-refractivity contribution >= 4 is 23.3 Å². The maximum atomic E-state index is 13.2. The summed E-state index contributed by atoms with van der Waals surface area (Å²) in [5.41, 5.74) is -0.942. The number of ether oxygens (including phenoxy) is 1. The van der Waals surface area contributed by atoms with Crippen molar-refractivity contribution in [3.05, 3.63) is 65.7 Å². The highest BCUT2D eigenvalue weighted by atomic mass is 19.4. The number of amides is 2. The number of likely N-dealkylation sites (tertiary alicyclic amines) is 1. The molecule has 0 bridgehead atoms. The molecule has 1 fully saturated rings. The van der Waals surface area contributed by atoms with Gasteiger partial charge in [-0.15, -0.1) is 0 Å². The zero-order valence-corrected chi connectivity index (χ0v) is 25.4. The van der Waals surface area contributed by atoms with Crippen LogP contribution in [0.4, 0.5) is 24.7 Å². The maximum Gasteiger partial charge on any atom is 0.401 e. The minimum atomic E-state index is -4.54. The van der Waals surface area contributed by atoms with Gasteiger partial charge in [-0.1, -0.05) is 17.3 Å². The summed E-state index contributed by atoms with van der Waals surface area (Å²) in [5, 5.41) is 8.75. The van der Waals surface area contributed by atoms with Crippen molar-refractivity contribution < 1.29 is 32.0 Å². The number of carbonyl (C=O) groups is 2. The van der Waals surface area contributed by atoms with Gasteiger partial charge in [-0.3, -0.25) is 14.5 Å². The molecule has 4 rings (SSSR count). The van der Waals surface area contributed by atoms with Crippen LogP contribution in [0.1, 0.15) is 76.2 Å². The van der Waals surface area contributed by atoms with Crippen molar-refractivity contribution in [2.45, 2.75) is 89.6 Å². The van der Waals surface area contributed by atoms with Gasteiger partial charge in [-0.05, 0) is 78.4 Å². The Bertz CT molecular complexity index is 1430. The fraction of sp³-hybridized carbons (Fsp3) is 0.484. The van der Waals surface area contributed by atoms with E-state index >= 15 is 0 Å². The molecule has 0 unspecified atom stereocenters. The highest BCUT2D eigenvalue weighted by Gasteiger charge is 2.51.